The molecule has 0 fully saturated rings. The van der Waals surface area contributed by atoms with E-state index in [1.807, 2.05) is 0 Å². The third-order valence-electron chi connectivity index (χ3n) is 4.40. The Balaban J connectivity index is 0. The minimum absolute atomic E-state index is 0. The number of nitrogens with zero attached hydrogens (tertiary/aromatic N) is 1. The molecule has 0 saturated heterocycles. The summed E-state index contributed by atoms with van der Waals surface area (Å²) in [6, 6.07) is 0. The van der Waals surface area contributed by atoms with Crippen molar-refractivity contribution in [1.29, 1.82) is 0 Å². The van der Waals surface area contributed by atoms with E-state index in [1.54, 1.807) is 0 Å². The van der Waals surface area contributed by atoms with Crippen molar-refractivity contribution >= 4 is 0 Å². The highest BCUT2D eigenvalue weighted by Gasteiger charge is 2.21. The Hall–Kier alpha value is 0.210. The van der Waals surface area contributed by atoms with Crippen LogP contribution < -0.4 is 12.4 Å². The van der Waals surface area contributed by atoms with E-state index >= 15 is 0 Å². The van der Waals surface area contributed by atoms with Gasteiger partial charge in [-0.1, -0.05) is 45.4 Å². The standard InChI is InChI=1S/C16H36NO.ClH/c1-4-7-8-9-10-11-12-13-14-17(5-2,6-3)15-16-18;/h18H,4-16H2,1-3H3;1H/q+1;/p-1. The molecule has 19 heavy (non-hydrogen) atoms. The van der Waals surface area contributed by atoms with Gasteiger partial charge in [0.05, 0.1) is 26.2 Å². The van der Waals surface area contributed by atoms with E-state index in [9.17, 15) is 5.11 Å². The summed E-state index contributed by atoms with van der Waals surface area (Å²) >= 11 is 0. The fourth-order valence-electron chi connectivity index (χ4n) is 2.76. The molecule has 0 saturated carbocycles. The average molecular weight is 294 g/mol. The zero-order valence-corrected chi connectivity index (χ0v) is 14.2. The summed E-state index contributed by atoms with van der Waals surface area (Å²) in [5.74, 6) is 0. The molecule has 0 aliphatic rings. The zero-order chi connectivity index (χ0) is 13.7. The second kappa shape index (κ2) is 14.6. The lowest BCUT2D eigenvalue weighted by atomic mass is 10.1. The normalized spacial score (nSPS) is 11.4. The summed E-state index contributed by atoms with van der Waals surface area (Å²) in [5.41, 5.74) is 0. The average Bonchev–Trinajstić information content (AvgIpc) is 2.40. The third kappa shape index (κ3) is 10.6. The maximum atomic E-state index is 9.17. The van der Waals surface area contributed by atoms with Crippen LogP contribution >= 0.6 is 0 Å². The summed E-state index contributed by atoms with van der Waals surface area (Å²) in [5, 5.41) is 9.17. The molecule has 0 amide bonds. The Labute approximate surface area is 127 Å². The Morgan fingerprint density at radius 1 is 0.684 bits per heavy atom. The van der Waals surface area contributed by atoms with Crippen LogP contribution in [-0.4, -0.2) is 42.4 Å². The number of quaternary nitrogens is 1. The zero-order valence-electron chi connectivity index (χ0n) is 13.5. The van der Waals surface area contributed by atoms with Gasteiger partial charge in [-0.2, -0.15) is 0 Å². The van der Waals surface area contributed by atoms with E-state index in [0.717, 1.165) is 24.1 Å². The van der Waals surface area contributed by atoms with Crippen molar-refractivity contribution in [2.24, 2.45) is 0 Å². The number of hydrogen-bond donors (Lipinski definition) is 1. The van der Waals surface area contributed by atoms with Crippen molar-refractivity contribution < 1.29 is 22.0 Å². The molecule has 0 spiro atoms. The maximum Gasteiger partial charge on any atom is 0.102 e. The van der Waals surface area contributed by atoms with Gasteiger partial charge in [0, 0.05) is 0 Å². The van der Waals surface area contributed by atoms with E-state index in [0.29, 0.717) is 6.61 Å². The van der Waals surface area contributed by atoms with Crippen molar-refractivity contribution in [3.8, 4) is 0 Å². The molecular weight excluding hydrogens is 258 g/mol. The number of halogens is 1. The van der Waals surface area contributed by atoms with Crippen LogP contribution in [-0.2, 0) is 0 Å². The lowest BCUT2D eigenvalue weighted by Crippen LogP contribution is -3.00. The van der Waals surface area contributed by atoms with Gasteiger partial charge in [-0.25, -0.2) is 0 Å². The largest absolute Gasteiger partial charge is 1.00 e. The molecule has 3 heteroatoms. The number of aliphatic hydroxyl groups excluding tert-OH is 1. The second-order valence-corrected chi connectivity index (χ2v) is 5.62. The molecule has 2 nitrogen and oxygen atoms in total. The van der Waals surface area contributed by atoms with Crippen LogP contribution in [0.25, 0.3) is 0 Å². The number of rotatable bonds is 13. The summed E-state index contributed by atoms with van der Waals surface area (Å²) in [6.45, 7) is 11.6. The number of unbranched alkanes of at least 4 members (excludes halogenated alkanes) is 7. The SMILES string of the molecule is CCCCCCCCCC[N+](CC)(CC)CCO.[Cl-]. The fraction of sp³-hybridized carbons (Fsp3) is 1.00. The molecule has 0 rings (SSSR count). The lowest BCUT2D eigenvalue weighted by Gasteiger charge is -2.36. The van der Waals surface area contributed by atoms with Crippen molar-refractivity contribution in [3.05, 3.63) is 0 Å². The molecule has 0 bridgehead atoms. The van der Waals surface area contributed by atoms with Gasteiger partial charge in [0.2, 0.25) is 0 Å². The molecule has 0 heterocycles. The Morgan fingerprint density at radius 2 is 1.16 bits per heavy atom. The van der Waals surface area contributed by atoms with Gasteiger partial charge in [0.15, 0.2) is 0 Å². The minimum Gasteiger partial charge on any atom is -1.00 e. The molecule has 1 N–H and O–H groups in total. The quantitative estimate of drug-likeness (QED) is 0.396. The Kier molecular flexibility index (Phi) is 16.5. The van der Waals surface area contributed by atoms with Gasteiger partial charge < -0.3 is 22.0 Å². The van der Waals surface area contributed by atoms with Crippen LogP contribution in [0.15, 0.2) is 0 Å². The summed E-state index contributed by atoms with van der Waals surface area (Å²) in [6.07, 6.45) is 11.1. The van der Waals surface area contributed by atoms with Gasteiger partial charge in [-0.15, -0.1) is 0 Å². The molecule has 0 aromatic carbocycles. The molecule has 0 aromatic heterocycles. The molecular formula is C16H36ClNO. The number of aliphatic hydroxyl groups is 1. The maximum absolute atomic E-state index is 9.17. The summed E-state index contributed by atoms with van der Waals surface area (Å²) in [4.78, 5) is 0. The summed E-state index contributed by atoms with van der Waals surface area (Å²) < 4.78 is 1.10. The van der Waals surface area contributed by atoms with E-state index in [4.69, 9.17) is 0 Å². The predicted octanol–water partition coefficient (Wildman–Crippen LogP) is 0.980. The van der Waals surface area contributed by atoms with Crippen molar-refractivity contribution in [2.75, 3.05) is 32.8 Å². The third-order valence-corrected chi connectivity index (χ3v) is 4.40. The van der Waals surface area contributed by atoms with Gasteiger partial charge in [0.25, 0.3) is 0 Å². The van der Waals surface area contributed by atoms with E-state index in [2.05, 4.69) is 20.8 Å². The smallest absolute Gasteiger partial charge is 0.102 e. The van der Waals surface area contributed by atoms with E-state index in [-0.39, 0.29) is 12.4 Å². The first-order valence-corrected chi connectivity index (χ1v) is 8.20. The molecule has 0 unspecified atom stereocenters. The molecule has 118 valence electrons. The minimum atomic E-state index is 0. The molecule has 0 atom stereocenters. The fourth-order valence-corrected chi connectivity index (χ4v) is 2.76. The first kappa shape index (κ1) is 21.5. The summed E-state index contributed by atoms with van der Waals surface area (Å²) in [7, 11) is 0. The molecule has 0 aromatic rings. The Bertz CT molecular complexity index is 172. The van der Waals surface area contributed by atoms with Gasteiger partial charge in [0.1, 0.15) is 6.54 Å². The van der Waals surface area contributed by atoms with E-state index in [1.165, 1.54) is 57.9 Å². The predicted molar refractivity (Wildman–Crippen MR) is 80.8 cm³/mol. The monoisotopic (exact) mass is 293 g/mol. The van der Waals surface area contributed by atoms with Crippen LogP contribution in [0, 0.1) is 0 Å². The van der Waals surface area contributed by atoms with Gasteiger partial charge in [-0.05, 0) is 26.7 Å². The Morgan fingerprint density at radius 3 is 1.58 bits per heavy atom. The van der Waals surface area contributed by atoms with Crippen molar-refractivity contribution in [2.45, 2.75) is 72.1 Å². The van der Waals surface area contributed by atoms with Crippen LogP contribution in [0.5, 0.6) is 0 Å². The molecule has 0 aliphatic carbocycles. The lowest BCUT2D eigenvalue weighted by molar-refractivity contribution is -0.925. The topological polar surface area (TPSA) is 20.2 Å². The van der Waals surface area contributed by atoms with E-state index < -0.39 is 0 Å². The van der Waals surface area contributed by atoms with Gasteiger partial charge >= 0.3 is 0 Å². The van der Waals surface area contributed by atoms with Gasteiger partial charge in [-0.3, -0.25) is 0 Å². The highest BCUT2D eigenvalue weighted by Crippen LogP contribution is 2.12. The van der Waals surface area contributed by atoms with Crippen molar-refractivity contribution in [1.82, 2.24) is 0 Å². The van der Waals surface area contributed by atoms with Crippen LogP contribution in [0.3, 0.4) is 0 Å². The number of likely N-dealkylation sites (N-methyl/N-ethyl adjacent to an activating group) is 1. The highest BCUT2D eigenvalue weighted by molar-refractivity contribution is 4.48. The number of hydrogen-bond acceptors (Lipinski definition) is 1. The van der Waals surface area contributed by atoms with Crippen LogP contribution in [0.4, 0.5) is 0 Å². The van der Waals surface area contributed by atoms with Crippen molar-refractivity contribution in [3.63, 3.8) is 0 Å². The molecule has 0 aliphatic heterocycles. The second-order valence-electron chi connectivity index (χ2n) is 5.62. The first-order chi connectivity index (χ1) is 8.74. The van der Waals surface area contributed by atoms with Crippen LogP contribution in [0.1, 0.15) is 72.1 Å². The van der Waals surface area contributed by atoms with Crippen LogP contribution in [0.2, 0.25) is 0 Å². The first-order valence-electron chi connectivity index (χ1n) is 8.20. The molecule has 0 radical (unpaired) electrons. The highest BCUT2D eigenvalue weighted by atomic mass is 35.5.